The molecule has 0 amide bonds. The Labute approximate surface area is 126 Å². The summed E-state index contributed by atoms with van der Waals surface area (Å²) in [6.07, 6.45) is 0. The lowest BCUT2D eigenvalue weighted by Crippen LogP contribution is -2.17. The van der Waals surface area contributed by atoms with Crippen LogP contribution in [0.3, 0.4) is 0 Å². The molecule has 1 aliphatic heterocycles. The predicted molar refractivity (Wildman–Crippen MR) is 86.9 cm³/mol. The maximum Gasteiger partial charge on any atom is 0.280 e. The minimum Gasteiger partial charge on any atom is -0.339 e. The van der Waals surface area contributed by atoms with Crippen LogP contribution in [0.4, 0.5) is 17.1 Å². The summed E-state index contributed by atoms with van der Waals surface area (Å²) < 4.78 is 0. The van der Waals surface area contributed by atoms with Crippen molar-refractivity contribution in [3.8, 4) is 0 Å². The van der Waals surface area contributed by atoms with Crippen LogP contribution in [-0.4, -0.2) is 10.8 Å². The molecule has 1 aliphatic rings. The minimum absolute atomic E-state index is 0.0420. The lowest BCUT2D eigenvalue weighted by Gasteiger charge is -2.18. The standard InChI is InChI=1S/C17H11N3O2/c21-20(22)15-10-2-1-7-12(15)17-18-13-8-3-5-11-6-4-9-14(19-17)16(11)13/h1-10H,(H,18,19). The first-order valence-corrected chi connectivity index (χ1v) is 6.85. The molecule has 5 heteroatoms. The monoisotopic (exact) mass is 289 g/mol. The molecular formula is C17H11N3O2. The lowest BCUT2D eigenvalue weighted by molar-refractivity contribution is -0.385. The summed E-state index contributed by atoms with van der Waals surface area (Å²) in [5.74, 6) is 0.499. The molecule has 0 fully saturated rings. The Kier molecular flexibility index (Phi) is 2.66. The minimum atomic E-state index is -0.388. The second-order valence-electron chi connectivity index (χ2n) is 5.04. The lowest BCUT2D eigenvalue weighted by atomic mass is 10.0. The van der Waals surface area contributed by atoms with Gasteiger partial charge in [0, 0.05) is 17.1 Å². The molecule has 1 heterocycles. The van der Waals surface area contributed by atoms with E-state index in [0.717, 1.165) is 22.1 Å². The molecule has 1 N–H and O–H groups in total. The van der Waals surface area contributed by atoms with Crippen LogP contribution in [0, 0.1) is 10.1 Å². The van der Waals surface area contributed by atoms with Gasteiger partial charge in [0.1, 0.15) is 5.84 Å². The molecule has 0 unspecified atom stereocenters. The normalized spacial score (nSPS) is 12.6. The predicted octanol–water partition coefficient (Wildman–Crippen LogP) is 4.25. The molecule has 0 atom stereocenters. The molecule has 106 valence electrons. The summed E-state index contributed by atoms with van der Waals surface area (Å²) in [5.41, 5.74) is 2.26. The van der Waals surface area contributed by atoms with Crippen molar-refractivity contribution in [1.29, 1.82) is 0 Å². The van der Waals surface area contributed by atoms with Crippen molar-refractivity contribution in [3.63, 3.8) is 0 Å². The van der Waals surface area contributed by atoms with Gasteiger partial charge in [0.15, 0.2) is 0 Å². The van der Waals surface area contributed by atoms with Gasteiger partial charge in [0.05, 0.1) is 16.2 Å². The van der Waals surface area contributed by atoms with Crippen LogP contribution >= 0.6 is 0 Å². The van der Waals surface area contributed by atoms with Gasteiger partial charge in [-0.15, -0.1) is 0 Å². The van der Waals surface area contributed by atoms with Crippen molar-refractivity contribution in [2.75, 3.05) is 5.32 Å². The zero-order chi connectivity index (χ0) is 15.1. The molecule has 0 saturated heterocycles. The van der Waals surface area contributed by atoms with E-state index in [1.54, 1.807) is 18.2 Å². The summed E-state index contributed by atoms with van der Waals surface area (Å²) in [5, 5.41) is 16.6. The van der Waals surface area contributed by atoms with E-state index in [1.165, 1.54) is 6.07 Å². The summed E-state index contributed by atoms with van der Waals surface area (Å²) in [7, 11) is 0. The molecule has 5 nitrogen and oxygen atoms in total. The number of rotatable bonds is 2. The summed E-state index contributed by atoms with van der Waals surface area (Å²) in [6, 6.07) is 18.4. The first-order valence-electron chi connectivity index (χ1n) is 6.85. The van der Waals surface area contributed by atoms with E-state index < -0.39 is 0 Å². The SMILES string of the molecule is O=[N+]([O-])c1ccccc1C1=Nc2cccc3cccc(c23)N1. The van der Waals surface area contributed by atoms with Gasteiger partial charge in [-0.1, -0.05) is 36.4 Å². The smallest absolute Gasteiger partial charge is 0.280 e. The fourth-order valence-electron chi connectivity index (χ4n) is 2.76. The van der Waals surface area contributed by atoms with E-state index in [9.17, 15) is 10.1 Å². The van der Waals surface area contributed by atoms with Gasteiger partial charge in [-0.05, 0) is 23.6 Å². The third kappa shape index (κ3) is 1.83. The fourth-order valence-corrected chi connectivity index (χ4v) is 2.76. The zero-order valence-corrected chi connectivity index (χ0v) is 11.5. The third-order valence-electron chi connectivity index (χ3n) is 3.72. The van der Waals surface area contributed by atoms with Gasteiger partial charge in [0.2, 0.25) is 0 Å². The molecular weight excluding hydrogens is 278 g/mol. The van der Waals surface area contributed by atoms with E-state index in [-0.39, 0.29) is 10.6 Å². The first-order chi connectivity index (χ1) is 10.7. The maximum atomic E-state index is 11.2. The Hall–Kier alpha value is -3.21. The zero-order valence-electron chi connectivity index (χ0n) is 11.5. The Bertz CT molecular complexity index is 942. The molecule has 0 saturated carbocycles. The number of nitro groups is 1. The second kappa shape index (κ2) is 4.66. The Morgan fingerprint density at radius 1 is 0.955 bits per heavy atom. The number of nitro benzene ring substituents is 1. The Balaban J connectivity index is 1.95. The molecule has 0 bridgehead atoms. The van der Waals surface area contributed by atoms with E-state index in [2.05, 4.69) is 10.3 Å². The van der Waals surface area contributed by atoms with Crippen LogP contribution < -0.4 is 5.32 Å². The van der Waals surface area contributed by atoms with Crippen LogP contribution in [-0.2, 0) is 0 Å². The largest absolute Gasteiger partial charge is 0.339 e. The molecule has 0 aromatic heterocycles. The van der Waals surface area contributed by atoms with Crippen molar-refractivity contribution in [3.05, 3.63) is 76.3 Å². The first kappa shape index (κ1) is 12.5. The van der Waals surface area contributed by atoms with Gasteiger partial charge in [-0.25, -0.2) is 4.99 Å². The number of aliphatic imine (C=N–C) groups is 1. The Morgan fingerprint density at radius 3 is 2.55 bits per heavy atom. The number of nitrogens with zero attached hydrogens (tertiary/aromatic N) is 2. The number of hydrogen-bond acceptors (Lipinski definition) is 4. The molecule has 0 aliphatic carbocycles. The van der Waals surface area contributed by atoms with E-state index in [1.807, 2.05) is 36.4 Å². The second-order valence-corrected chi connectivity index (χ2v) is 5.04. The quantitative estimate of drug-likeness (QED) is 0.566. The van der Waals surface area contributed by atoms with Gasteiger partial charge in [-0.3, -0.25) is 10.1 Å². The number of nitrogens with one attached hydrogen (secondary N) is 1. The van der Waals surface area contributed by atoms with Crippen molar-refractivity contribution < 1.29 is 4.92 Å². The summed E-state index contributed by atoms with van der Waals surface area (Å²) >= 11 is 0. The van der Waals surface area contributed by atoms with Gasteiger partial charge >= 0.3 is 0 Å². The molecule has 3 aromatic rings. The Morgan fingerprint density at radius 2 is 1.73 bits per heavy atom. The van der Waals surface area contributed by atoms with Crippen LogP contribution in [0.1, 0.15) is 5.56 Å². The molecule has 0 spiro atoms. The van der Waals surface area contributed by atoms with E-state index in [4.69, 9.17) is 0 Å². The molecule has 22 heavy (non-hydrogen) atoms. The van der Waals surface area contributed by atoms with Crippen LogP contribution in [0.15, 0.2) is 65.7 Å². The topological polar surface area (TPSA) is 67.5 Å². The number of para-hydroxylation sites is 1. The summed E-state index contributed by atoms with van der Waals surface area (Å²) in [4.78, 5) is 15.4. The number of anilines is 1. The van der Waals surface area contributed by atoms with Crippen molar-refractivity contribution in [2.45, 2.75) is 0 Å². The highest BCUT2D eigenvalue weighted by atomic mass is 16.6. The fraction of sp³-hybridized carbons (Fsp3) is 0. The number of hydrogen-bond donors (Lipinski definition) is 1. The van der Waals surface area contributed by atoms with Crippen LogP contribution in [0.5, 0.6) is 0 Å². The number of amidine groups is 1. The maximum absolute atomic E-state index is 11.2. The molecule has 3 aromatic carbocycles. The average Bonchev–Trinajstić information content (AvgIpc) is 2.55. The van der Waals surface area contributed by atoms with Crippen molar-refractivity contribution in [1.82, 2.24) is 0 Å². The average molecular weight is 289 g/mol. The third-order valence-corrected chi connectivity index (χ3v) is 3.72. The van der Waals surface area contributed by atoms with Crippen molar-refractivity contribution in [2.24, 2.45) is 4.99 Å². The van der Waals surface area contributed by atoms with Crippen LogP contribution in [0.2, 0.25) is 0 Å². The molecule has 0 radical (unpaired) electrons. The van der Waals surface area contributed by atoms with E-state index in [0.29, 0.717) is 11.4 Å². The van der Waals surface area contributed by atoms with Gasteiger partial charge < -0.3 is 5.32 Å². The highest BCUT2D eigenvalue weighted by molar-refractivity contribution is 6.20. The summed E-state index contributed by atoms with van der Waals surface area (Å²) in [6.45, 7) is 0. The number of benzene rings is 3. The van der Waals surface area contributed by atoms with Gasteiger partial charge in [0.25, 0.3) is 5.69 Å². The highest BCUT2D eigenvalue weighted by Gasteiger charge is 2.21. The highest BCUT2D eigenvalue weighted by Crippen LogP contribution is 2.37. The molecule has 4 rings (SSSR count). The van der Waals surface area contributed by atoms with Gasteiger partial charge in [-0.2, -0.15) is 0 Å². The van der Waals surface area contributed by atoms with Crippen molar-refractivity contribution >= 4 is 33.7 Å². The van der Waals surface area contributed by atoms with Crippen LogP contribution in [0.25, 0.3) is 10.8 Å². The van der Waals surface area contributed by atoms with E-state index >= 15 is 0 Å².